The Morgan fingerprint density at radius 2 is 2.11 bits per heavy atom. The fourth-order valence-electron chi connectivity index (χ4n) is 3.46. The number of aromatic nitrogens is 2. The minimum Gasteiger partial charge on any atom is -0.311 e. The van der Waals surface area contributed by atoms with Gasteiger partial charge in [0, 0.05) is 26.3 Å². The van der Waals surface area contributed by atoms with Crippen molar-refractivity contribution in [1.82, 2.24) is 15.1 Å². The molecule has 1 N–H and O–H groups in total. The lowest BCUT2D eigenvalue weighted by Gasteiger charge is -2.31. The fraction of sp³-hybridized carbons (Fsp3) is 0.800. The van der Waals surface area contributed by atoms with Crippen molar-refractivity contribution in [2.45, 2.75) is 52.5 Å². The number of hydrogen-bond donors (Lipinski definition) is 1. The highest BCUT2D eigenvalue weighted by atomic mass is 15.3. The maximum absolute atomic E-state index is 4.41. The summed E-state index contributed by atoms with van der Waals surface area (Å²) in [7, 11) is 1.97. The van der Waals surface area contributed by atoms with E-state index in [0.29, 0.717) is 5.41 Å². The number of nitrogens with one attached hydrogen (secondary N) is 1. The van der Waals surface area contributed by atoms with Crippen LogP contribution in [0, 0.1) is 11.3 Å². The molecule has 1 aliphatic rings. The molecule has 0 saturated heterocycles. The largest absolute Gasteiger partial charge is 0.311 e. The molecule has 0 unspecified atom stereocenters. The van der Waals surface area contributed by atoms with Gasteiger partial charge in [0.2, 0.25) is 0 Å². The van der Waals surface area contributed by atoms with E-state index >= 15 is 0 Å². The van der Waals surface area contributed by atoms with Crippen LogP contribution in [-0.4, -0.2) is 16.3 Å². The first kappa shape index (κ1) is 13.6. The van der Waals surface area contributed by atoms with Crippen LogP contribution in [0.4, 0.5) is 0 Å². The van der Waals surface area contributed by atoms with Gasteiger partial charge in [-0.05, 0) is 36.7 Å². The van der Waals surface area contributed by atoms with E-state index < -0.39 is 0 Å². The zero-order valence-corrected chi connectivity index (χ0v) is 12.1. The van der Waals surface area contributed by atoms with E-state index in [1.807, 2.05) is 17.9 Å². The van der Waals surface area contributed by atoms with Gasteiger partial charge in [0.15, 0.2) is 0 Å². The Morgan fingerprint density at radius 1 is 1.39 bits per heavy atom. The van der Waals surface area contributed by atoms with E-state index in [1.165, 1.54) is 32.1 Å². The smallest absolute Gasteiger partial charge is 0.0762 e. The number of hydrogen-bond acceptors (Lipinski definition) is 2. The highest BCUT2D eigenvalue weighted by Gasteiger charge is 2.33. The summed E-state index contributed by atoms with van der Waals surface area (Å²) in [6, 6.07) is 2.09. The first-order valence-electron chi connectivity index (χ1n) is 7.29. The van der Waals surface area contributed by atoms with E-state index in [4.69, 9.17) is 0 Å². The number of aryl methyl sites for hydroxylation is 1. The minimum atomic E-state index is 0.558. The van der Waals surface area contributed by atoms with Crippen molar-refractivity contribution in [3.05, 3.63) is 18.0 Å². The van der Waals surface area contributed by atoms with Gasteiger partial charge in [-0.15, -0.1) is 0 Å². The molecule has 3 nitrogen and oxygen atoms in total. The van der Waals surface area contributed by atoms with E-state index in [0.717, 1.165) is 24.7 Å². The lowest BCUT2D eigenvalue weighted by atomic mass is 9.78. The predicted octanol–water partition coefficient (Wildman–Crippen LogP) is 3.12. The second-order valence-electron chi connectivity index (χ2n) is 6.39. The van der Waals surface area contributed by atoms with E-state index in [1.54, 1.807) is 0 Å². The lowest BCUT2D eigenvalue weighted by molar-refractivity contribution is 0.223. The summed E-state index contributed by atoms with van der Waals surface area (Å²) < 4.78 is 1.87. The fourth-order valence-corrected chi connectivity index (χ4v) is 3.46. The van der Waals surface area contributed by atoms with Crippen LogP contribution >= 0.6 is 0 Å². The zero-order chi connectivity index (χ0) is 13.0. The molecule has 0 aliphatic heterocycles. The molecular weight excluding hydrogens is 222 g/mol. The second-order valence-corrected chi connectivity index (χ2v) is 6.39. The van der Waals surface area contributed by atoms with Crippen molar-refractivity contribution in [2.75, 3.05) is 6.54 Å². The van der Waals surface area contributed by atoms with Gasteiger partial charge in [-0.25, -0.2) is 0 Å². The maximum Gasteiger partial charge on any atom is 0.0762 e. The average molecular weight is 249 g/mol. The van der Waals surface area contributed by atoms with Gasteiger partial charge >= 0.3 is 0 Å². The Balaban J connectivity index is 1.82. The third-order valence-electron chi connectivity index (χ3n) is 4.08. The van der Waals surface area contributed by atoms with Crippen LogP contribution in [0.25, 0.3) is 0 Å². The van der Waals surface area contributed by atoms with Gasteiger partial charge in [0.25, 0.3) is 0 Å². The normalized spacial score (nSPS) is 18.7. The molecule has 1 aromatic heterocycles. The molecule has 0 amide bonds. The van der Waals surface area contributed by atoms with Gasteiger partial charge in [-0.2, -0.15) is 5.10 Å². The molecule has 0 atom stereocenters. The summed E-state index contributed by atoms with van der Waals surface area (Å²) in [6.07, 6.45) is 9.01. The Bertz CT molecular complexity index is 362. The van der Waals surface area contributed by atoms with Crippen molar-refractivity contribution < 1.29 is 0 Å². The van der Waals surface area contributed by atoms with E-state index in [2.05, 4.69) is 30.3 Å². The SMILES string of the molecule is CC(C)CC1(CNCc2ccn(C)n2)CCCC1. The molecule has 1 aromatic rings. The third kappa shape index (κ3) is 3.58. The molecule has 3 heteroatoms. The van der Waals surface area contributed by atoms with Crippen molar-refractivity contribution in [2.24, 2.45) is 18.4 Å². The molecular formula is C15H27N3. The lowest BCUT2D eigenvalue weighted by Crippen LogP contribution is -2.33. The van der Waals surface area contributed by atoms with Crippen molar-refractivity contribution in [3.8, 4) is 0 Å². The Hall–Kier alpha value is -0.830. The highest BCUT2D eigenvalue weighted by molar-refractivity contribution is 4.98. The molecule has 102 valence electrons. The monoisotopic (exact) mass is 249 g/mol. The van der Waals surface area contributed by atoms with Crippen LogP contribution in [0.3, 0.4) is 0 Å². The first-order chi connectivity index (χ1) is 8.60. The maximum atomic E-state index is 4.41. The molecule has 0 spiro atoms. The molecule has 1 aliphatic carbocycles. The van der Waals surface area contributed by atoms with Gasteiger partial charge in [-0.1, -0.05) is 26.7 Å². The standard InChI is InChI=1S/C15H27N3/c1-13(2)10-15(7-4-5-8-15)12-16-11-14-6-9-18(3)17-14/h6,9,13,16H,4-5,7-8,10-12H2,1-3H3. The van der Waals surface area contributed by atoms with Crippen molar-refractivity contribution >= 4 is 0 Å². The van der Waals surface area contributed by atoms with Gasteiger partial charge < -0.3 is 5.32 Å². The Kier molecular flexibility index (Phi) is 4.44. The number of rotatable bonds is 6. The van der Waals surface area contributed by atoms with Gasteiger partial charge in [0.1, 0.15) is 0 Å². The molecule has 0 radical (unpaired) electrons. The van der Waals surface area contributed by atoms with Gasteiger partial charge in [-0.3, -0.25) is 4.68 Å². The van der Waals surface area contributed by atoms with Crippen LogP contribution in [0.5, 0.6) is 0 Å². The van der Waals surface area contributed by atoms with E-state index in [9.17, 15) is 0 Å². The van der Waals surface area contributed by atoms with Crippen LogP contribution in [0.2, 0.25) is 0 Å². The average Bonchev–Trinajstić information content (AvgIpc) is 2.88. The first-order valence-corrected chi connectivity index (χ1v) is 7.29. The summed E-state index contributed by atoms with van der Waals surface area (Å²) in [5.74, 6) is 0.805. The molecule has 0 bridgehead atoms. The quantitative estimate of drug-likeness (QED) is 0.839. The summed E-state index contributed by atoms with van der Waals surface area (Å²) in [5, 5.41) is 8.04. The highest BCUT2D eigenvalue weighted by Crippen LogP contribution is 2.42. The summed E-state index contributed by atoms with van der Waals surface area (Å²) >= 11 is 0. The van der Waals surface area contributed by atoms with Crippen LogP contribution < -0.4 is 5.32 Å². The number of nitrogens with zero attached hydrogens (tertiary/aromatic N) is 2. The molecule has 1 heterocycles. The van der Waals surface area contributed by atoms with E-state index in [-0.39, 0.29) is 0 Å². The third-order valence-corrected chi connectivity index (χ3v) is 4.08. The molecule has 2 rings (SSSR count). The van der Waals surface area contributed by atoms with Crippen LogP contribution in [0.1, 0.15) is 51.6 Å². The van der Waals surface area contributed by atoms with Crippen molar-refractivity contribution in [1.29, 1.82) is 0 Å². The summed E-state index contributed by atoms with van der Waals surface area (Å²) in [5.41, 5.74) is 1.71. The Labute approximate surface area is 111 Å². The molecule has 1 saturated carbocycles. The zero-order valence-electron chi connectivity index (χ0n) is 12.1. The van der Waals surface area contributed by atoms with Crippen molar-refractivity contribution in [3.63, 3.8) is 0 Å². The predicted molar refractivity (Wildman–Crippen MR) is 75.3 cm³/mol. The van der Waals surface area contributed by atoms with Gasteiger partial charge in [0.05, 0.1) is 5.69 Å². The minimum absolute atomic E-state index is 0.558. The topological polar surface area (TPSA) is 29.9 Å². The second kappa shape index (κ2) is 5.87. The summed E-state index contributed by atoms with van der Waals surface area (Å²) in [6.45, 7) is 6.75. The molecule has 0 aromatic carbocycles. The van der Waals surface area contributed by atoms with Crippen LogP contribution in [-0.2, 0) is 13.6 Å². The molecule has 1 fully saturated rings. The molecule has 18 heavy (non-hydrogen) atoms. The summed E-state index contributed by atoms with van der Waals surface area (Å²) in [4.78, 5) is 0. The Morgan fingerprint density at radius 3 is 2.67 bits per heavy atom. The van der Waals surface area contributed by atoms with Crippen LogP contribution in [0.15, 0.2) is 12.3 Å².